The van der Waals surface area contributed by atoms with E-state index in [1.165, 1.54) is 22.3 Å². The molecule has 1 heteroatoms. The van der Waals surface area contributed by atoms with E-state index in [4.69, 9.17) is 0 Å². The lowest BCUT2D eigenvalue weighted by atomic mass is 9.69. The number of rotatable bonds is 0. The molecule has 0 saturated heterocycles. The van der Waals surface area contributed by atoms with E-state index in [1.54, 1.807) is 6.08 Å². The minimum atomic E-state index is 0.128. The lowest BCUT2D eigenvalue weighted by Gasteiger charge is -2.34. The number of ketones is 1. The molecule has 0 heterocycles. The number of carbonyl (C=O) groups is 1. The summed E-state index contributed by atoms with van der Waals surface area (Å²) in [5.74, 6) is 0.400. The van der Waals surface area contributed by atoms with Gasteiger partial charge in [-0.3, -0.25) is 4.79 Å². The van der Waals surface area contributed by atoms with Gasteiger partial charge < -0.3 is 0 Å². The van der Waals surface area contributed by atoms with Crippen molar-refractivity contribution < 1.29 is 4.79 Å². The molecule has 0 aliphatic heterocycles. The highest BCUT2D eigenvalue weighted by atomic mass is 16.1. The van der Waals surface area contributed by atoms with Crippen LogP contribution >= 0.6 is 0 Å². The molecule has 1 unspecified atom stereocenters. The van der Waals surface area contributed by atoms with E-state index in [0.29, 0.717) is 0 Å². The highest BCUT2D eigenvalue weighted by Crippen LogP contribution is 2.45. The highest BCUT2D eigenvalue weighted by Gasteiger charge is 2.33. The van der Waals surface area contributed by atoms with Crippen molar-refractivity contribution in [1.29, 1.82) is 0 Å². The SMILES string of the molecule is O=C1C=CC2=CC=C3C=CC=C4C=CC1=C2C43. The van der Waals surface area contributed by atoms with Gasteiger partial charge in [-0.1, -0.05) is 48.6 Å². The van der Waals surface area contributed by atoms with Crippen molar-refractivity contribution in [3.05, 3.63) is 82.5 Å². The molecule has 4 aliphatic rings. The van der Waals surface area contributed by atoms with Crippen molar-refractivity contribution in [2.45, 2.75) is 0 Å². The fourth-order valence-electron chi connectivity index (χ4n) is 2.93. The molecule has 0 amide bonds. The first-order valence-electron chi connectivity index (χ1n) is 5.80. The van der Waals surface area contributed by atoms with E-state index in [9.17, 15) is 4.79 Å². The number of allylic oxidation sites excluding steroid dienone is 14. The molecular weight excluding hydrogens is 208 g/mol. The minimum Gasteiger partial charge on any atom is -0.289 e. The Labute approximate surface area is 99.5 Å². The Bertz CT molecular complexity index is 658. The van der Waals surface area contributed by atoms with Crippen LogP contribution in [0.15, 0.2) is 82.5 Å². The molecule has 0 radical (unpaired) electrons. The van der Waals surface area contributed by atoms with Crippen molar-refractivity contribution in [2.24, 2.45) is 5.92 Å². The average molecular weight is 218 g/mol. The largest absolute Gasteiger partial charge is 0.289 e. The molecule has 4 rings (SSSR count). The lowest BCUT2D eigenvalue weighted by molar-refractivity contribution is -0.111. The Kier molecular flexibility index (Phi) is 1.55. The Hall–Kier alpha value is -2.15. The van der Waals surface area contributed by atoms with Gasteiger partial charge in [0.05, 0.1) is 0 Å². The Morgan fingerprint density at radius 1 is 0.824 bits per heavy atom. The van der Waals surface area contributed by atoms with Gasteiger partial charge in [0.1, 0.15) is 0 Å². The third-order valence-electron chi connectivity index (χ3n) is 3.71. The molecule has 0 saturated carbocycles. The fraction of sp³-hybridized carbons (Fsp3) is 0.0625. The monoisotopic (exact) mass is 218 g/mol. The summed E-state index contributed by atoms with van der Waals surface area (Å²) in [5, 5.41) is 0. The summed E-state index contributed by atoms with van der Waals surface area (Å²) >= 11 is 0. The van der Waals surface area contributed by atoms with Gasteiger partial charge >= 0.3 is 0 Å². The van der Waals surface area contributed by atoms with Crippen LogP contribution in [0.5, 0.6) is 0 Å². The second-order valence-electron chi connectivity index (χ2n) is 4.61. The van der Waals surface area contributed by atoms with Crippen LogP contribution in [-0.4, -0.2) is 5.78 Å². The average Bonchev–Trinajstić information content (AvgIpc) is 2.38. The first-order chi connectivity index (χ1) is 8.34. The second-order valence-corrected chi connectivity index (χ2v) is 4.61. The quantitative estimate of drug-likeness (QED) is 0.611. The smallest absolute Gasteiger partial charge is 0.186 e. The van der Waals surface area contributed by atoms with E-state index in [0.717, 1.165) is 5.57 Å². The Morgan fingerprint density at radius 3 is 2.65 bits per heavy atom. The lowest BCUT2D eigenvalue weighted by Crippen LogP contribution is -2.23. The van der Waals surface area contributed by atoms with Gasteiger partial charge in [-0.2, -0.15) is 0 Å². The zero-order valence-corrected chi connectivity index (χ0v) is 9.18. The Balaban J connectivity index is 2.06. The third kappa shape index (κ3) is 1.06. The maximum atomic E-state index is 11.9. The van der Waals surface area contributed by atoms with Crippen molar-refractivity contribution in [2.75, 3.05) is 0 Å². The number of hydrogen-bond acceptors (Lipinski definition) is 1. The molecular formula is C16H10O. The normalized spacial score (nSPS) is 27.6. The molecule has 4 aliphatic carbocycles. The van der Waals surface area contributed by atoms with Gasteiger partial charge in [-0.15, -0.1) is 0 Å². The topological polar surface area (TPSA) is 17.1 Å². The van der Waals surface area contributed by atoms with E-state index >= 15 is 0 Å². The zero-order chi connectivity index (χ0) is 11.4. The Morgan fingerprint density at radius 2 is 1.71 bits per heavy atom. The first-order valence-corrected chi connectivity index (χ1v) is 5.80. The van der Waals surface area contributed by atoms with Crippen molar-refractivity contribution in [3.8, 4) is 0 Å². The molecule has 0 bridgehead atoms. The van der Waals surface area contributed by atoms with Gasteiger partial charge in [0.2, 0.25) is 0 Å². The van der Waals surface area contributed by atoms with E-state index in [1.807, 2.05) is 12.2 Å². The molecule has 0 aromatic carbocycles. The van der Waals surface area contributed by atoms with Crippen molar-refractivity contribution >= 4 is 5.78 Å². The fourth-order valence-corrected chi connectivity index (χ4v) is 2.93. The summed E-state index contributed by atoms with van der Waals surface area (Å²) in [6.07, 6.45) is 18.2. The molecule has 80 valence electrons. The summed E-state index contributed by atoms with van der Waals surface area (Å²) in [6.45, 7) is 0. The molecule has 0 aromatic rings. The van der Waals surface area contributed by atoms with E-state index in [2.05, 4.69) is 36.5 Å². The van der Waals surface area contributed by atoms with Gasteiger partial charge in [0.15, 0.2) is 5.78 Å². The maximum absolute atomic E-state index is 11.9. The van der Waals surface area contributed by atoms with Crippen molar-refractivity contribution in [1.82, 2.24) is 0 Å². The summed E-state index contributed by atoms with van der Waals surface area (Å²) in [6, 6.07) is 0. The van der Waals surface area contributed by atoms with Crippen LogP contribution in [0.1, 0.15) is 0 Å². The minimum absolute atomic E-state index is 0.128. The second kappa shape index (κ2) is 2.95. The summed E-state index contributed by atoms with van der Waals surface area (Å²) in [5.41, 5.74) is 5.80. The van der Waals surface area contributed by atoms with Gasteiger partial charge in [-0.05, 0) is 28.4 Å². The number of hydrogen-bond donors (Lipinski definition) is 0. The molecule has 0 aromatic heterocycles. The first kappa shape index (κ1) is 8.94. The molecule has 1 nitrogen and oxygen atoms in total. The van der Waals surface area contributed by atoms with Gasteiger partial charge in [0, 0.05) is 11.5 Å². The maximum Gasteiger partial charge on any atom is 0.186 e. The molecule has 0 spiro atoms. The standard InChI is InChI=1S/C16H10O/c17-14-9-7-12-5-4-10-2-1-3-11-6-8-13(14)16(12)15(10)11/h1-9,15H. The molecule has 1 atom stereocenters. The van der Waals surface area contributed by atoms with E-state index in [-0.39, 0.29) is 11.7 Å². The zero-order valence-electron chi connectivity index (χ0n) is 9.18. The predicted octanol–water partition coefficient (Wildman–Crippen LogP) is 2.97. The van der Waals surface area contributed by atoms with Crippen LogP contribution < -0.4 is 0 Å². The predicted molar refractivity (Wildman–Crippen MR) is 67.2 cm³/mol. The number of carbonyl (C=O) groups excluding carboxylic acids is 1. The van der Waals surface area contributed by atoms with Crippen LogP contribution in [0, 0.1) is 5.92 Å². The summed E-state index contributed by atoms with van der Waals surface area (Å²) < 4.78 is 0. The van der Waals surface area contributed by atoms with Crippen LogP contribution in [-0.2, 0) is 4.79 Å². The van der Waals surface area contributed by atoms with E-state index < -0.39 is 0 Å². The molecule has 17 heavy (non-hydrogen) atoms. The molecule has 0 fully saturated rings. The molecule has 0 N–H and O–H groups in total. The van der Waals surface area contributed by atoms with Crippen LogP contribution in [0.4, 0.5) is 0 Å². The van der Waals surface area contributed by atoms with Gasteiger partial charge in [-0.25, -0.2) is 0 Å². The summed E-state index contributed by atoms with van der Waals surface area (Å²) in [4.78, 5) is 11.9. The van der Waals surface area contributed by atoms with Gasteiger partial charge in [0.25, 0.3) is 0 Å². The summed E-state index contributed by atoms with van der Waals surface area (Å²) in [7, 11) is 0. The van der Waals surface area contributed by atoms with Crippen LogP contribution in [0.2, 0.25) is 0 Å². The van der Waals surface area contributed by atoms with Crippen LogP contribution in [0.3, 0.4) is 0 Å². The van der Waals surface area contributed by atoms with Crippen molar-refractivity contribution in [3.63, 3.8) is 0 Å². The third-order valence-corrected chi connectivity index (χ3v) is 3.71. The van der Waals surface area contributed by atoms with Crippen LogP contribution in [0.25, 0.3) is 0 Å². The highest BCUT2D eigenvalue weighted by molar-refractivity contribution is 6.10.